The second kappa shape index (κ2) is 6.35. The van der Waals surface area contributed by atoms with Crippen LogP contribution in [-0.2, 0) is 0 Å². The van der Waals surface area contributed by atoms with Crippen molar-refractivity contribution in [3.8, 4) is 16.6 Å². The molecule has 3 aromatic rings. The van der Waals surface area contributed by atoms with Crippen LogP contribution in [0.3, 0.4) is 0 Å². The molecule has 21 heavy (non-hydrogen) atoms. The molecule has 0 fully saturated rings. The highest BCUT2D eigenvalue weighted by Crippen LogP contribution is 2.28. The molecule has 0 aliphatic heterocycles. The Kier molecular flexibility index (Phi) is 4.10. The fraction of sp³-hybridized carbons (Fsp3) is 0. The summed E-state index contributed by atoms with van der Waals surface area (Å²) in [4.78, 5) is 5.65. The predicted octanol–water partition coefficient (Wildman–Crippen LogP) is 4.85. The van der Waals surface area contributed by atoms with Gasteiger partial charge in [-0.05, 0) is 23.6 Å². The molecule has 1 N–H and O–H groups in total. The van der Waals surface area contributed by atoms with Crippen molar-refractivity contribution >= 4 is 33.9 Å². The van der Waals surface area contributed by atoms with Crippen LogP contribution in [0.25, 0.3) is 16.1 Å². The lowest BCUT2D eigenvalue weighted by Gasteiger charge is -2.00. The van der Waals surface area contributed by atoms with E-state index in [0.29, 0.717) is 5.57 Å². The summed E-state index contributed by atoms with van der Waals surface area (Å²) in [6, 6.07) is 16.0. The average molecular weight is 309 g/mol. The number of thiophene rings is 1. The van der Waals surface area contributed by atoms with E-state index < -0.39 is 0 Å². The molecule has 1 aromatic carbocycles. The predicted molar refractivity (Wildman–Crippen MR) is 89.1 cm³/mol. The Hall–Kier alpha value is -2.42. The fourth-order valence-electron chi connectivity index (χ4n) is 1.77. The first-order valence-corrected chi connectivity index (χ1v) is 8.04. The van der Waals surface area contributed by atoms with Crippen molar-refractivity contribution < 1.29 is 0 Å². The van der Waals surface area contributed by atoms with Crippen molar-refractivity contribution in [1.82, 2.24) is 4.98 Å². The number of hydrogen-bond acceptors (Lipinski definition) is 5. The molecular formula is C16H11N3S2. The maximum Gasteiger partial charge on any atom is 0.136 e. The van der Waals surface area contributed by atoms with E-state index in [1.54, 1.807) is 17.5 Å². The molecule has 5 heteroatoms. The van der Waals surface area contributed by atoms with Crippen molar-refractivity contribution in [3.63, 3.8) is 0 Å². The van der Waals surface area contributed by atoms with E-state index in [1.165, 1.54) is 11.3 Å². The molecule has 0 aliphatic carbocycles. The molecule has 0 saturated carbocycles. The number of thiazole rings is 1. The SMILES string of the molecule is N#C/C(=C/Nc1ccccc1)c1nc(-c2cccs2)cs1. The third-order valence-corrected chi connectivity index (χ3v) is 4.55. The first-order valence-electron chi connectivity index (χ1n) is 6.28. The van der Waals surface area contributed by atoms with Crippen LogP contribution in [0.2, 0.25) is 0 Å². The van der Waals surface area contributed by atoms with Gasteiger partial charge in [-0.1, -0.05) is 24.3 Å². The summed E-state index contributed by atoms with van der Waals surface area (Å²) in [6.45, 7) is 0. The summed E-state index contributed by atoms with van der Waals surface area (Å²) < 4.78 is 0. The van der Waals surface area contributed by atoms with Gasteiger partial charge in [0.15, 0.2) is 0 Å². The molecule has 0 unspecified atom stereocenters. The van der Waals surface area contributed by atoms with Gasteiger partial charge in [0.25, 0.3) is 0 Å². The minimum atomic E-state index is 0.534. The summed E-state index contributed by atoms with van der Waals surface area (Å²) in [5, 5.41) is 17.2. The van der Waals surface area contributed by atoms with E-state index in [9.17, 15) is 5.26 Å². The maximum atomic E-state index is 9.31. The minimum Gasteiger partial charge on any atom is -0.360 e. The Balaban J connectivity index is 1.82. The van der Waals surface area contributed by atoms with Crippen LogP contribution in [0.1, 0.15) is 5.01 Å². The van der Waals surface area contributed by atoms with Crippen molar-refractivity contribution in [2.45, 2.75) is 0 Å². The zero-order valence-electron chi connectivity index (χ0n) is 11.0. The first kappa shape index (κ1) is 13.6. The van der Waals surface area contributed by atoms with Crippen molar-refractivity contribution in [1.29, 1.82) is 5.26 Å². The number of rotatable bonds is 4. The lowest BCUT2D eigenvalue weighted by molar-refractivity contribution is 1.38. The van der Waals surface area contributed by atoms with E-state index in [1.807, 2.05) is 53.2 Å². The van der Waals surface area contributed by atoms with Crippen molar-refractivity contribution in [2.24, 2.45) is 0 Å². The standard InChI is InChI=1S/C16H11N3S2/c17-9-12(10-18-13-5-2-1-3-6-13)16-19-14(11-21-16)15-7-4-8-20-15/h1-8,10-11,18H/b12-10-. The van der Waals surface area contributed by atoms with Gasteiger partial charge in [0.2, 0.25) is 0 Å². The molecule has 0 bridgehead atoms. The van der Waals surface area contributed by atoms with E-state index in [0.717, 1.165) is 21.3 Å². The zero-order valence-corrected chi connectivity index (χ0v) is 12.6. The van der Waals surface area contributed by atoms with E-state index >= 15 is 0 Å². The topological polar surface area (TPSA) is 48.7 Å². The molecule has 0 saturated heterocycles. The van der Waals surface area contributed by atoms with Gasteiger partial charge in [-0.15, -0.1) is 22.7 Å². The van der Waals surface area contributed by atoms with Gasteiger partial charge in [-0.25, -0.2) is 4.98 Å². The molecule has 3 rings (SSSR count). The lowest BCUT2D eigenvalue weighted by Crippen LogP contribution is -1.90. The number of aromatic nitrogens is 1. The molecule has 102 valence electrons. The Bertz CT molecular complexity index is 781. The monoisotopic (exact) mass is 309 g/mol. The van der Waals surface area contributed by atoms with Gasteiger partial charge in [0.1, 0.15) is 16.6 Å². The molecular weight excluding hydrogens is 298 g/mol. The highest BCUT2D eigenvalue weighted by Gasteiger charge is 2.09. The summed E-state index contributed by atoms with van der Waals surface area (Å²) in [5.74, 6) is 0. The fourth-order valence-corrected chi connectivity index (χ4v) is 3.31. The highest BCUT2D eigenvalue weighted by molar-refractivity contribution is 7.14. The molecule has 0 spiro atoms. The molecule has 0 aliphatic rings. The Morgan fingerprint density at radius 3 is 2.71 bits per heavy atom. The van der Waals surface area contributed by atoms with Gasteiger partial charge < -0.3 is 5.32 Å². The number of nitrogens with zero attached hydrogens (tertiary/aromatic N) is 2. The van der Waals surface area contributed by atoms with Crippen LogP contribution in [0.4, 0.5) is 5.69 Å². The zero-order chi connectivity index (χ0) is 14.5. The van der Waals surface area contributed by atoms with Gasteiger partial charge in [0.05, 0.1) is 10.6 Å². The molecule has 0 amide bonds. The molecule has 2 aromatic heterocycles. The number of allylic oxidation sites excluding steroid dienone is 1. The summed E-state index contributed by atoms with van der Waals surface area (Å²) in [6.07, 6.45) is 1.70. The van der Waals surface area contributed by atoms with Crippen LogP contribution < -0.4 is 5.32 Å². The van der Waals surface area contributed by atoms with Crippen molar-refractivity contribution in [3.05, 3.63) is 64.4 Å². The smallest absolute Gasteiger partial charge is 0.136 e. The molecule has 0 radical (unpaired) electrons. The normalized spacial score (nSPS) is 11.1. The Labute approximate surface area is 130 Å². The van der Waals surface area contributed by atoms with E-state index in [4.69, 9.17) is 0 Å². The largest absolute Gasteiger partial charge is 0.360 e. The average Bonchev–Trinajstić information content (AvgIpc) is 3.20. The first-order chi connectivity index (χ1) is 10.4. The lowest BCUT2D eigenvalue weighted by atomic mass is 10.3. The van der Waals surface area contributed by atoms with Gasteiger partial charge in [-0.3, -0.25) is 0 Å². The van der Waals surface area contributed by atoms with E-state index in [-0.39, 0.29) is 0 Å². The summed E-state index contributed by atoms with van der Waals surface area (Å²) in [5.41, 5.74) is 2.40. The molecule has 0 atom stereocenters. The second-order valence-electron chi connectivity index (χ2n) is 4.20. The van der Waals surface area contributed by atoms with E-state index in [2.05, 4.69) is 16.4 Å². The number of anilines is 1. The Morgan fingerprint density at radius 1 is 1.14 bits per heavy atom. The minimum absolute atomic E-state index is 0.534. The van der Waals surface area contributed by atoms with Crippen LogP contribution in [-0.4, -0.2) is 4.98 Å². The van der Waals surface area contributed by atoms with Gasteiger partial charge in [-0.2, -0.15) is 5.26 Å². The third-order valence-electron chi connectivity index (χ3n) is 2.79. The quantitative estimate of drug-likeness (QED) is 0.701. The van der Waals surface area contributed by atoms with Gasteiger partial charge >= 0.3 is 0 Å². The molecule has 3 nitrogen and oxygen atoms in total. The number of hydrogen-bond donors (Lipinski definition) is 1. The van der Waals surface area contributed by atoms with Crippen LogP contribution in [0.15, 0.2) is 59.4 Å². The third kappa shape index (κ3) is 3.19. The number of benzene rings is 1. The summed E-state index contributed by atoms with van der Waals surface area (Å²) in [7, 11) is 0. The number of para-hydroxylation sites is 1. The molecule has 2 heterocycles. The number of nitriles is 1. The van der Waals surface area contributed by atoms with Gasteiger partial charge in [0, 0.05) is 17.3 Å². The summed E-state index contributed by atoms with van der Waals surface area (Å²) >= 11 is 3.13. The highest BCUT2D eigenvalue weighted by atomic mass is 32.1. The van der Waals surface area contributed by atoms with Crippen LogP contribution in [0.5, 0.6) is 0 Å². The van der Waals surface area contributed by atoms with Crippen LogP contribution in [0, 0.1) is 11.3 Å². The number of nitrogens with one attached hydrogen (secondary N) is 1. The Morgan fingerprint density at radius 2 is 2.00 bits per heavy atom. The second-order valence-corrected chi connectivity index (χ2v) is 6.00. The van der Waals surface area contributed by atoms with Crippen LogP contribution >= 0.6 is 22.7 Å². The van der Waals surface area contributed by atoms with Crippen molar-refractivity contribution in [2.75, 3.05) is 5.32 Å². The maximum absolute atomic E-state index is 9.31.